The Hall–Kier alpha value is -2.27. The first-order valence-corrected chi connectivity index (χ1v) is 7.39. The van der Waals surface area contributed by atoms with Crippen LogP contribution in [-0.4, -0.2) is 42.0 Å². The molecule has 1 aromatic heterocycles. The number of aromatic nitrogens is 1. The Kier molecular flexibility index (Phi) is 4.15. The Morgan fingerprint density at radius 1 is 1.14 bits per heavy atom. The summed E-state index contributed by atoms with van der Waals surface area (Å²) in [7, 11) is 0. The van der Waals surface area contributed by atoms with Gasteiger partial charge in [0, 0.05) is 31.7 Å². The molecule has 3 rings (SSSR count). The van der Waals surface area contributed by atoms with Gasteiger partial charge in [0.25, 0.3) is 5.91 Å². The number of carbonyl (C=O) groups is 1. The third-order valence-electron chi connectivity index (χ3n) is 3.86. The van der Waals surface area contributed by atoms with E-state index in [9.17, 15) is 9.18 Å². The summed E-state index contributed by atoms with van der Waals surface area (Å²) in [4.78, 5) is 18.9. The maximum Gasteiger partial charge on any atom is 0.255 e. The Morgan fingerprint density at radius 3 is 2.45 bits per heavy atom. The molecule has 4 nitrogen and oxygen atoms in total. The smallest absolute Gasteiger partial charge is 0.255 e. The minimum absolute atomic E-state index is 0.0251. The number of amides is 1. The average molecular weight is 299 g/mol. The van der Waals surface area contributed by atoms with Gasteiger partial charge in [0.2, 0.25) is 0 Å². The largest absolute Gasteiger partial charge is 0.336 e. The van der Waals surface area contributed by atoms with Gasteiger partial charge < -0.3 is 10.2 Å². The van der Waals surface area contributed by atoms with Gasteiger partial charge in [0.1, 0.15) is 5.82 Å². The summed E-state index contributed by atoms with van der Waals surface area (Å²) in [5, 5.41) is 3.23. The van der Waals surface area contributed by atoms with Crippen molar-refractivity contribution in [2.45, 2.75) is 6.92 Å². The molecule has 0 unspecified atom stereocenters. The predicted octanol–water partition coefficient (Wildman–Crippen LogP) is 2.24. The zero-order valence-electron chi connectivity index (χ0n) is 12.5. The summed E-state index contributed by atoms with van der Waals surface area (Å²) < 4.78 is 13.0. The second-order valence-corrected chi connectivity index (χ2v) is 5.38. The summed E-state index contributed by atoms with van der Waals surface area (Å²) in [5.74, 6) is -0.247. The maximum atomic E-state index is 13.0. The Balaban J connectivity index is 1.85. The van der Waals surface area contributed by atoms with E-state index in [1.165, 1.54) is 12.1 Å². The topological polar surface area (TPSA) is 45.2 Å². The summed E-state index contributed by atoms with van der Waals surface area (Å²) in [6.07, 6.45) is 0. The molecule has 0 spiro atoms. The number of aryl methyl sites for hydroxylation is 1. The number of nitrogens with zero attached hydrogens (tertiary/aromatic N) is 2. The minimum Gasteiger partial charge on any atom is -0.336 e. The highest BCUT2D eigenvalue weighted by Gasteiger charge is 2.20. The van der Waals surface area contributed by atoms with Crippen LogP contribution in [0.25, 0.3) is 11.3 Å². The first kappa shape index (κ1) is 14.7. The normalized spacial score (nSPS) is 14.9. The first-order valence-electron chi connectivity index (χ1n) is 7.39. The van der Waals surface area contributed by atoms with Crippen LogP contribution in [0.3, 0.4) is 0 Å². The zero-order valence-corrected chi connectivity index (χ0v) is 12.5. The maximum absolute atomic E-state index is 13.0. The molecule has 1 aliphatic rings. The monoisotopic (exact) mass is 299 g/mol. The third-order valence-corrected chi connectivity index (χ3v) is 3.86. The number of hydrogen-bond acceptors (Lipinski definition) is 3. The highest BCUT2D eigenvalue weighted by molar-refractivity contribution is 5.95. The van der Waals surface area contributed by atoms with Gasteiger partial charge >= 0.3 is 0 Å². The Bertz CT molecular complexity index is 679. The van der Waals surface area contributed by atoms with E-state index < -0.39 is 0 Å². The summed E-state index contributed by atoms with van der Waals surface area (Å²) in [6, 6.07) is 9.82. The number of carbonyl (C=O) groups excluding carboxylic acids is 1. The fourth-order valence-electron chi connectivity index (χ4n) is 2.61. The van der Waals surface area contributed by atoms with Crippen molar-refractivity contribution >= 4 is 5.91 Å². The molecule has 1 N–H and O–H groups in total. The van der Waals surface area contributed by atoms with Crippen LogP contribution in [0.5, 0.6) is 0 Å². The quantitative estimate of drug-likeness (QED) is 0.925. The van der Waals surface area contributed by atoms with Crippen LogP contribution in [0.15, 0.2) is 36.4 Å². The number of halogens is 1. The van der Waals surface area contributed by atoms with Crippen molar-refractivity contribution in [3.8, 4) is 11.3 Å². The van der Waals surface area contributed by atoms with Crippen molar-refractivity contribution in [2.75, 3.05) is 26.2 Å². The summed E-state index contributed by atoms with van der Waals surface area (Å²) in [6.45, 7) is 4.93. The van der Waals surface area contributed by atoms with E-state index in [0.717, 1.165) is 37.4 Å². The molecule has 1 amide bonds. The molecule has 2 aromatic rings. The lowest BCUT2D eigenvalue weighted by atomic mass is 10.1. The molecule has 1 aliphatic heterocycles. The number of pyridine rings is 1. The van der Waals surface area contributed by atoms with E-state index in [0.29, 0.717) is 11.3 Å². The minimum atomic E-state index is -0.272. The third kappa shape index (κ3) is 2.99. The van der Waals surface area contributed by atoms with E-state index in [4.69, 9.17) is 0 Å². The molecule has 5 heteroatoms. The van der Waals surface area contributed by atoms with Crippen LogP contribution in [0.1, 0.15) is 16.1 Å². The fraction of sp³-hybridized carbons (Fsp3) is 0.294. The van der Waals surface area contributed by atoms with E-state index in [-0.39, 0.29) is 11.7 Å². The van der Waals surface area contributed by atoms with Gasteiger partial charge in [-0.15, -0.1) is 0 Å². The second kappa shape index (κ2) is 6.23. The van der Waals surface area contributed by atoms with Gasteiger partial charge in [-0.25, -0.2) is 4.39 Å². The van der Waals surface area contributed by atoms with E-state index >= 15 is 0 Å². The molecule has 0 bridgehead atoms. The van der Waals surface area contributed by atoms with Gasteiger partial charge in [-0.1, -0.05) is 0 Å². The van der Waals surface area contributed by atoms with Crippen LogP contribution < -0.4 is 5.32 Å². The Labute approximate surface area is 129 Å². The molecule has 1 aromatic carbocycles. The lowest BCUT2D eigenvalue weighted by molar-refractivity contribution is 0.0734. The van der Waals surface area contributed by atoms with Crippen LogP contribution in [0.4, 0.5) is 4.39 Å². The van der Waals surface area contributed by atoms with Gasteiger partial charge in [-0.05, 0) is 43.3 Å². The average Bonchev–Trinajstić information content (AvgIpc) is 2.56. The molecular formula is C17H18FN3O. The molecule has 0 radical (unpaired) electrons. The van der Waals surface area contributed by atoms with Crippen LogP contribution in [0.2, 0.25) is 0 Å². The van der Waals surface area contributed by atoms with Crippen molar-refractivity contribution in [1.29, 1.82) is 0 Å². The second-order valence-electron chi connectivity index (χ2n) is 5.38. The van der Waals surface area contributed by atoms with Gasteiger partial charge in [0.15, 0.2) is 0 Å². The lowest BCUT2D eigenvalue weighted by Gasteiger charge is -2.27. The highest BCUT2D eigenvalue weighted by atomic mass is 19.1. The number of hydrogen-bond donors (Lipinski definition) is 1. The fourth-order valence-corrected chi connectivity index (χ4v) is 2.61. The highest BCUT2D eigenvalue weighted by Crippen LogP contribution is 2.20. The van der Waals surface area contributed by atoms with Gasteiger partial charge in [0.05, 0.1) is 17.0 Å². The number of nitrogens with one attached hydrogen (secondary N) is 1. The molecule has 22 heavy (non-hydrogen) atoms. The first-order chi connectivity index (χ1) is 10.6. The number of benzene rings is 1. The number of piperazine rings is 1. The van der Waals surface area contributed by atoms with E-state index in [1.807, 2.05) is 24.0 Å². The number of rotatable bonds is 2. The molecular weight excluding hydrogens is 281 g/mol. The molecule has 0 aliphatic carbocycles. The molecule has 1 fully saturated rings. The van der Waals surface area contributed by atoms with Crippen LogP contribution in [-0.2, 0) is 0 Å². The molecule has 0 atom stereocenters. The van der Waals surface area contributed by atoms with Crippen LogP contribution >= 0.6 is 0 Å². The standard InChI is InChI=1S/C17H18FN3O/c1-12-15(17(22)21-10-8-19-9-11-21)6-7-16(20-12)13-2-4-14(18)5-3-13/h2-7,19H,8-11H2,1H3. The molecule has 1 saturated heterocycles. The van der Waals surface area contributed by atoms with Crippen LogP contribution in [0, 0.1) is 12.7 Å². The summed E-state index contributed by atoms with van der Waals surface area (Å²) in [5.41, 5.74) is 2.91. The predicted molar refractivity (Wildman–Crippen MR) is 83.1 cm³/mol. The molecule has 0 saturated carbocycles. The SMILES string of the molecule is Cc1nc(-c2ccc(F)cc2)ccc1C(=O)N1CCNCC1. The van der Waals surface area contributed by atoms with E-state index in [1.54, 1.807) is 12.1 Å². The Morgan fingerprint density at radius 2 is 1.82 bits per heavy atom. The van der Waals surface area contributed by atoms with Gasteiger partial charge in [-0.3, -0.25) is 9.78 Å². The lowest BCUT2D eigenvalue weighted by Crippen LogP contribution is -2.46. The van der Waals surface area contributed by atoms with Gasteiger partial charge in [-0.2, -0.15) is 0 Å². The summed E-state index contributed by atoms with van der Waals surface area (Å²) >= 11 is 0. The van der Waals surface area contributed by atoms with Crippen molar-refractivity contribution in [1.82, 2.24) is 15.2 Å². The van der Waals surface area contributed by atoms with E-state index in [2.05, 4.69) is 10.3 Å². The molecule has 114 valence electrons. The molecule has 2 heterocycles. The van der Waals surface area contributed by atoms with Crippen molar-refractivity contribution in [2.24, 2.45) is 0 Å². The van der Waals surface area contributed by atoms with Crippen molar-refractivity contribution in [3.63, 3.8) is 0 Å². The zero-order chi connectivity index (χ0) is 15.5. The van der Waals surface area contributed by atoms with Crippen molar-refractivity contribution in [3.05, 3.63) is 53.5 Å². The van der Waals surface area contributed by atoms with Crippen molar-refractivity contribution < 1.29 is 9.18 Å².